The number of aryl methyl sites for hydroxylation is 1. The van der Waals surface area contributed by atoms with Crippen molar-refractivity contribution in [3.05, 3.63) is 189 Å². The molecule has 2 nitrogen and oxygen atoms in total. The topological polar surface area (TPSA) is 13.1 Å². The molecule has 1 heterocycles. The van der Waals surface area contributed by atoms with Gasteiger partial charge < -0.3 is 0 Å². The molecule has 0 aliphatic carbocycles. The van der Waals surface area contributed by atoms with Crippen LogP contribution in [0.2, 0.25) is 0 Å². The van der Waals surface area contributed by atoms with E-state index in [0.717, 1.165) is 11.1 Å². The maximum atomic E-state index is 15.4. The molecule has 6 aromatic carbocycles. The zero-order valence-corrected chi connectivity index (χ0v) is 30.3. The first-order chi connectivity index (χ1) is 29.5. The Morgan fingerprint density at radius 1 is 0.333 bits per heavy atom. The van der Waals surface area contributed by atoms with Gasteiger partial charge in [0.2, 0.25) is 18.1 Å². The van der Waals surface area contributed by atoms with Gasteiger partial charge in [-0.15, -0.1) is 21.9 Å². The van der Waals surface area contributed by atoms with E-state index in [2.05, 4.69) is 19.1 Å². The van der Waals surface area contributed by atoms with Crippen LogP contribution in [0.1, 0.15) is 5.56 Å². The summed E-state index contributed by atoms with van der Waals surface area (Å²) in [6.07, 6.45) is -3.32. The Labute approximate surface area is 337 Å². The lowest BCUT2D eigenvalue weighted by Gasteiger charge is -2.44. The molecule has 23 heteroatoms. The van der Waals surface area contributed by atoms with Crippen LogP contribution in [-0.4, -0.2) is 6.15 Å². The maximum absolute atomic E-state index is 15.4. The van der Waals surface area contributed by atoms with Crippen molar-refractivity contribution in [3.63, 3.8) is 0 Å². The van der Waals surface area contributed by atoms with Crippen LogP contribution in [0.4, 0.5) is 87.8 Å². The highest BCUT2D eigenvalue weighted by atomic mass is 19.2. The predicted molar refractivity (Wildman–Crippen MR) is 181 cm³/mol. The number of hydrogen-bond donors (Lipinski definition) is 0. The summed E-state index contributed by atoms with van der Waals surface area (Å²) in [5.41, 5.74) is -13.1. The Morgan fingerprint density at radius 3 is 0.905 bits per heavy atom. The van der Waals surface area contributed by atoms with E-state index < -0.39 is 144 Å². The Hall–Kier alpha value is -6.81. The van der Waals surface area contributed by atoms with Gasteiger partial charge in [0.15, 0.2) is 69.8 Å². The van der Waals surface area contributed by atoms with Gasteiger partial charge in [-0.05, 0) is 30.5 Å². The molecule has 0 unspecified atom stereocenters. The van der Waals surface area contributed by atoms with Gasteiger partial charge in [-0.3, -0.25) is 0 Å². The van der Waals surface area contributed by atoms with E-state index in [9.17, 15) is 52.7 Å². The van der Waals surface area contributed by atoms with Gasteiger partial charge >= 0.3 is 0 Å². The van der Waals surface area contributed by atoms with Gasteiger partial charge in [-0.2, -0.15) is 0 Å². The first-order valence-corrected chi connectivity index (χ1v) is 16.9. The second-order valence-corrected chi connectivity index (χ2v) is 13.1. The van der Waals surface area contributed by atoms with E-state index in [4.69, 9.17) is 4.84 Å². The number of nitrogens with zero attached hydrogens (tertiary/aromatic N) is 1. The third-order valence-corrected chi connectivity index (χ3v) is 9.60. The van der Waals surface area contributed by atoms with Crippen molar-refractivity contribution in [2.75, 3.05) is 0 Å². The largest absolute Gasteiger partial charge is 0.232 e. The molecule has 0 fully saturated rings. The van der Waals surface area contributed by atoms with E-state index in [0.29, 0.717) is 0 Å². The van der Waals surface area contributed by atoms with E-state index >= 15 is 35.1 Å². The quantitative estimate of drug-likeness (QED) is 0.0534. The molecule has 328 valence electrons. The van der Waals surface area contributed by atoms with E-state index in [1.165, 1.54) is 10.9 Å². The zero-order chi connectivity index (χ0) is 46.7. The maximum Gasteiger partial charge on any atom is 0.230 e. The van der Waals surface area contributed by atoms with Gasteiger partial charge in [0.05, 0.1) is 5.39 Å². The number of hydrogen-bond acceptors (Lipinski definition) is 1. The summed E-state index contributed by atoms with van der Waals surface area (Å²) in [6, 6.07) is 18.3. The Bertz CT molecular complexity index is 2620. The van der Waals surface area contributed by atoms with Crippen LogP contribution in [0.25, 0.3) is 10.8 Å². The highest BCUT2D eigenvalue weighted by molar-refractivity contribution is 7.20. The lowest BCUT2D eigenvalue weighted by molar-refractivity contribution is -0.874. The molecule has 0 amide bonds. The Morgan fingerprint density at radius 2 is 0.603 bits per heavy atom. The third-order valence-electron chi connectivity index (χ3n) is 9.60. The fourth-order valence-corrected chi connectivity index (χ4v) is 6.77. The number of benzene rings is 6. The zero-order valence-electron chi connectivity index (χ0n) is 30.3. The van der Waals surface area contributed by atoms with Crippen molar-refractivity contribution in [1.82, 2.24) is 0 Å². The number of rotatable bonds is 6. The van der Waals surface area contributed by atoms with Crippen LogP contribution in [0.15, 0.2) is 67.0 Å². The van der Waals surface area contributed by atoms with Crippen molar-refractivity contribution in [3.8, 4) is 5.75 Å². The molecule has 0 saturated heterocycles. The fraction of sp³-hybridized carbons (Fsp3) is 0.0250. The lowest BCUT2D eigenvalue weighted by atomic mass is 9.12. The summed E-state index contributed by atoms with van der Waals surface area (Å²) in [5, 5.41) is 2.37. The van der Waals surface area contributed by atoms with Gasteiger partial charge in [-0.25, -0.2) is 92.6 Å². The van der Waals surface area contributed by atoms with Crippen molar-refractivity contribution in [2.45, 2.75) is 6.92 Å². The van der Waals surface area contributed by atoms with Crippen LogP contribution >= 0.6 is 0 Å². The molecular weight excluding hydrogens is 901 g/mol. The molecular formula is C40H14BF20NO. The molecule has 0 aliphatic heterocycles. The van der Waals surface area contributed by atoms with Gasteiger partial charge in [0.1, 0.15) is 52.7 Å². The summed E-state index contributed by atoms with van der Waals surface area (Å²) >= 11 is 0. The van der Waals surface area contributed by atoms with Gasteiger partial charge in [0, 0.05) is 10.8 Å². The molecule has 0 radical (unpaired) electrons. The summed E-state index contributed by atoms with van der Waals surface area (Å²) in [6.45, 7) is 2.06. The van der Waals surface area contributed by atoms with Crippen molar-refractivity contribution in [1.29, 1.82) is 0 Å². The molecule has 7 aromatic rings. The van der Waals surface area contributed by atoms with Crippen molar-refractivity contribution in [2.24, 2.45) is 0 Å². The minimum absolute atomic E-state index is 0.834. The van der Waals surface area contributed by atoms with Crippen molar-refractivity contribution < 1.29 is 97.4 Å². The molecule has 0 atom stereocenters. The molecule has 0 saturated carbocycles. The van der Waals surface area contributed by atoms with Crippen LogP contribution in [-0.2, 0) is 0 Å². The number of pyridine rings is 1. The second kappa shape index (κ2) is 16.8. The Kier molecular flexibility index (Phi) is 12.2. The molecule has 63 heavy (non-hydrogen) atoms. The number of fused-ring (bicyclic) bond motifs is 1. The minimum atomic E-state index is -7.22. The second-order valence-electron chi connectivity index (χ2n) is 13.1. The van der Waals surface area contributed by atoms with E-state index in [-0.39, 0.29) is 0 Å². The number of halogens is 20. The average Bonchev–Trinajstić information content (AvgIpc) is 3.27. The van der Waals surface area contributed by atoms with Crippen molar-refractivity contribution >= 4 is 38.8 Å². The average molecular weight is 915 g/mol. The standard InChI is InChI=1S/C24BF20.C16H14NO/c26-5-1(6(27)14(35)21(42)13(5)34)25(2-7(28)15(36)22(43)16(37)8(2)29,3-9(30)17(38)23(44)18(39)10(3)31)4-11(32)19(40)24(45)20(41)12(4)33;1-13-6-8-16(9-7-13)18-17-11-10-14-4-2-3-5-15(14)12-17/h;2-12H,1H3/q-1;+1. The van der Waals surface area contributed by atoms with E-state index in [1.54, 1.807) is 4.73 Å². The monoisotopic (exact) mass is 915 g/mol. The molecule has 7 rings (SSSR count). The SMILES string of the molecule is Cc1ccc(O[n+]2ccc3ccccc3c2)cc1.Fc1c(F)c(F)c([B-](c2c(F)c(F)c(F)c(F)c2F)(c2c(F)c(F)c(F)c(F)c2F)c2c(F)c(F)c(F)c(F)c2F)c(F)c1F. The molecule has 0 spiro atoms. The smallest absolute Gasteiger partial charge is 0.230 e. The summed E-state index contributed by atoms with van der Waals surface area (Å²) in [5.74, 6) is -70.6. The summed E-state index contributed by atoms with van der Waals surface area (Å²) in [4.78, 5) is 5.76. The summed E-state index contributed by atoms with van der Waals surface area (Å²) < 4.78 is 296. The van der Waals surface area contributed by atoms with Gasteiger partial charge in [0.25, 0.3) is 0 Å². The minimum Gasteiger partial charge on any atom is -0.232 e. The molecule has 0 bridgehead atoms. The molecule has 0 aliphatic rings. The first kappa shape index (κ1) is 45.7. The first-order valence-electron chi connectivity index (χ1n) is 16.9. The number of aromatic nitrogens is 1. The fourth-order valence-electron chi connectivity index (χ4n) is 6.77. The predicted octanol–water partition coefficient (Wildman–Crippen LogP) is 9.12. The van der Waals surface area contributed by atoms with Crippen LogP contribution in [0.5, 0.6) is 5.75 Å². The van der Waals surface area contributed by atoms with E-state index in [1.807, 2.05) is 54.9 Å². The molecule has 0 N–H and O–H groups in total. The highest BCUT2D eigenvalue weighted by Crippen LogP contribution is 2.31. The van der Waals surface area contributed by atoms with Crippen LogP contribution in [0, 0.1) is 123 Å². The highest BCUT2D eigenvalue weighted by Gasteiger charge is 2.52. The third kappa shape index (κ3) is 7.21. The van der Waals surface area contributed by atoms with Crippen LogP contribution < -0.4 is 31.4 Å². The molecule has 1 aromatic heterocycles. The normalized spacial score (nSPS) is 11.6. The summed E-state index contributed by atoms with van der Waals surface area (Å²) in [7, 11) is 0. The van der Waals surface area contributed by atoms with Crippen LogP contribution in [0.3, 0.4) is 0 Å². The van der Waals surface area contributed by atoms with Gasteiger partial charge in [-0.1, -0.05) is 35.9 Å². The Balaban J connectivity index is 0.000000302. The lowest BCUT2D eigenvalue weighted by Crippen LogP contribution is -2.81.